The van der Waals surface area contributed by atoms with E-state index >= 15 is 0 Å². The van der Waals surface area contributed by atoms with Crippen LogP contribution in [0.4, 0.5) is 5.69 Å². The van der Waals surface area contributed by atoms with Crippen molar-refractivity contribution in [3.8, 4) is 17.1 Å². The number of methoxy groups -OCH3 is 1. The fraction of sp³-hybridized carbons (Fsp3) is 0.409. The molecule has 3 aromatic rings. The molecule has 0 unspecified atom stereocenters. The largest absolute Gasteiger partial charge is 0.495 e. The maximum absolute atomic E-state index is 5.77. The number of nitrogens with zero attached hydrogens (tertiary/aromatic N) is 6. The molecule has 1 fully saturated rings. The third-order valence-corrected chi connectivity index (χ3v) is 5.87. The van der Waals surface area contributed by atoms with Gasteiger partial charge in [-0.1, -0.05) is 19.1 Å². The lowest BCUT2D eigenvalue weighted by Gasteiger charge is -2.36. The van der Waals surface area contributed by atoms with E-state index in [-0.39, 0.29) is 0 Å². The van der Waals surface area contributed by atoms with Crippen LogP contribution in [-0.4, -0.2) is 57.5 Å². The predicted molar refractivity (Wildman–Crippen MR) is 121 cm³/mol. The second-order valence-electron chi connectivity index (χ2n) is 7.41. The van der Waals surface area contributed by atoms with E-state index in [4.69, 9.17) is 22.1 Å². The molecule has 0 bridgehead atoms. The number of piperazine rings is 1. The zero-order valence-electron chi connectivity index (χ0n) is 17.6. The highest BCUT2D eigenvalue weighted by Gasteiger charge is 2.21. The van der Waals surface area contributed by atoms with Gasteiger partial charge in [-0.2, -0.15) is 5.10 Å². The Morgan fingerprint density at radius 3 is 2.47 bits per heavy atom. The van der Waals surface area contributed by atoms with Crippen LogP contribution >= 0.6 is 12.2 Å². The Bertz CT molecular complexity index is 1020. The van der Waals surface area contributed by atoms with Crippen LogP contribution in [0.5, 0.6) is 5.75 Å². The molecule has 4 rings (SSSR count). The average molecular weight is 425 g/mol. The van der Waals surface area contributed by atoms with E-state index < -0.39 is 0 Å². The standard InChI is InChI=1S/C22H28N6OS/c1-3-12-27-21(18-8-10-23-11-9-18)24-28(22(27)30)17-25-13-15-26(16-14-25)19-6-4-5-7-20(19)29-2/h4-11H,3,12-17H2,1-2H3. The maximum Gasteiger partial charge on any atom is 0.199 e. The van der Waals surface area contributed by atoms with Crippen molar-refractivity contribution in [3.63, 3.8) is 0 Å². The molecule has 30 heavy (non-hydrogen) atoms. The van der Waals surface area contributed by atoms with Gasteiger partial charge in [-0.05, 0) is 42.9 Å². The molecule has 1 saturated heterocycles. The number of para-hydroxylation sites is 2. The summed E-state index contributed by atoms with van der Waals surface area (Å²) in [4.78, 5) is 8.91. The summed E-state index contributed by atoms with van der Waals surface area (Å²) < 4.78 is 10.4. The number of rotatable bonds is 7. The van der Waals surface area contributed by atoms with Gasteiger partial charge in [0.15, 0.2) is 10.6 Å². The lowest BCUT2D eigenvalue weighted by Crippen LogP contribution is -2.47. The summed E-state index contributed by atoms with van der Waals surface area (Å²) in [5.74, 6) is 1.84. The Balaban J connectivity index is 1.48. The highest BCUT2D eigenvalue weighted by Crippen LogP contribution is 2.28. The van der Waals surface area contributed by atoms with Crippen molar-refractivity contribution in [3.05, 3.63) is 53.6 Å². The molecule has 158 valence electrons. The maximum atomic E-state index is 5.77. The molecule has 8 heteroatoms. The molecule has 0 aliphatic carbocycles. The van der Waals surface area contributed by atoms with Crippen molar-refractivity contribution in [1.29, 1.82) is 0 Å². The summed E-state index contributed by atoms with van der Waals surface area (Å²) in [6.07, 6.45) is 4.60. The number of ether oxygens (including phenoxy) is 1. The zero-order valence-corrected chi connectivity index (χ0v) is 18.4. The topological polar surface area (TPSA) is 51.4 Å². The number of aromatic nitrogens is 4. The Morgan fingerprint density at radius 2 is 1.77 bits per heavy atom. The van der Waals surface area contributed by atoms with Crippen LogP contribution in [0, 0.1) is 4.77 Å². The third-order valence-electron chi connectivity index (χ3n) is 5.44. The van der Waals surface area contributed by atoms with Crippen molar-refractivity contribution < 1.29 is 4.74 Å². The number of hydrogen-bond acceptors (Lipinski definition) is 6. The van der Waals surface area contributed by atoms with Crippen LogP contribution in [0.1, 0.15) is 13.3 Å². The van der Waals surface area contributed by atoms with E-state index in [0.717, 1.165) is 66.7 Å². The van der Waals surface area contributed by atoms with Crippen molar-refractivity contribution in [1.82, 2.24) is 24.2 Å². The first-order valence-electron chi connectivity index (χ1n) is 10.4. The normalized spacial score (nSPS) is 14.8. The second kappa shape index (κ2) is 9.40. The molecule has 3 heterocycles. The average Bonchev–Trinajstić information content (AvgIpc) is 3.10. The van der Waals surface area contributed by atoms with Crippen LogP contribution in [0.3, 0.4) is 0 Å². The van der Waals surface area contributed by atoms with Crippen LogP contribution in [0.15, 0.2) is 48.8 Å². The molecule has 7 nitrogen and oxygen atoms in total. The van der Waals surface area contributed by atoms with Crippen LogP contribution in [0.25, 0.3) is 11.4 Å². The van der Waals surface area contributed by atoms with Crippen molar-refractivity contribution in [2.24, 2.45) is 0 Å². The highest BCUT2D eigenvalue weighted by atomic mass is 32.1. The Morgan fingerprint density at radius 1 is 1.03 bits per heavy atom. The molecule has 0 amide bonds. The van der Waals surface area contributed by atoms with Crippen LogP contribution in [0.2, 0.25) is 0 Å². The number of anilines is 1. The molecule has 0 spiro atoms. The number of benzene rings is 1. The third kappa shape index (κ3) is 4.24. The molecule has 0 saturated carbocycles. The van der Waals surface area contributed by atoms with E-state index in [2.05, 4.69) is 38.4 Å². The van der Waals surface area contributed by atoms with E-state index in [1.807, 2.05) is 28.9 Å². The van der Waals surface area contributed by atoms with Gasteiger partial charge in [-0.15, -0.1) is 0 Å². The molecule has 1 aliphatic rings. The zero-order chi connectivity index (χ0) is 20.9. The Kier molecular flexibility index (Phi) is 6.44. The van der Waals surface area contributed by atoms with Gasteiger partial charge in [0.05, 0.1) is 19.5 Å². The summed E-state index contributed by atoms with van der Waals surface area (Å²) in [7, 11) is 1.73. The van der Waals surface area contributed by atoms with Crippen molar-refractivity contribution in [2.45, 2.75) is 26.6 Å². The van der Waals surface area contributed by atoms with Gasteiger partial charge in [0.25, 0.3) is 0 Å². The van der Waals surface area contributed by atoms with Crippen molar-refractivity contribution in [2.75, 3.05) is 38.2 Å². The van der Waals surface area contributed by atoms with Gasteiger partial charge < -0.3 is 9.64 Å². The monoisotopic (exact) mass is 424 g/mol. The van der Waals surface area contributed by atoms with Gasteiger partial charge in [0, 0.05) is 50.7 Å². The first-order valence-corrected chi connectivity index (χ1v) is 10.8. The second-order valence-corrected chi connectivity index (χ2v) is 7.78. The molecule has 0 N–H and O–H groups in total. The Labute approximate surface area is 182 Å². The minimum atomic E-state index is 0.702. The van der Waals surface area contributed by atoms with E-state index in [1.165, 1.54) is 0 Å². The Hall–Kier alpha value is -2.71. The quantitative estimate of drug-likeness (QED) is 0.540. The number of pyridine rings is 1. The van der Waals surface area contributed by atoms with Crippen LogP contribution < -0.4 is 9.64 Å². The minimum Gasteiger partial charge on any atom is -0.495 e. The summed E-state index contributed by atoms with van der Waals surface area (Å²) >= 11 is 5.77. The van der Waals surface area contributed by atoms with E-state index in [9.17, 15) is 0 Å². The fourth-order valence-corrected chi connectivity index (χ4v) is 4.16. The van der Waals surface area contributed by atoms with Gasteiger partial charge >= 0.3 is 0 Å². The summed E-state index contributed by atoms with van der Waals surface area (Å²) in [6.45, 7) is 7.51. The highest BCUT2D eigenvalue weighted by molar-refractivity contribution is 7.71. The van der Waals surface area contributed by atoms with Gasteiger partial charge in [-0.3, -0.25) is 14.5 Å². The predicted octanol–water partition coefficient (Wildman–Crippen LogP) is 3.67. The number of hydrogen-bond donors (Lipinski definition) is 0. The summed E-state index contributed by atoms with van der Waals surface area (Å²) in [6, 6.07) is 12.2. The smallest absolute Gasteiger partial charge is 0.199 e. The fourth-order valence-electron chi connectivity index (χ4n) is 3.88. The van der Waals surface area contributed by atoms with Gasteiger partial charge in [-0.25, -0.2) is 4.68 Å². The molecule has 1 aliphatic heterocycles. The molecule has 0 atom stereocenters. The lowest BCUT2D eigenvalue weighted by atomic mass is 10.2. The lowest BCUT2D eigenvalue weighted by molar-refractivity contribution is 0.194. The van der Waals surface area contributed by atoms with E-state index in [1.54, 1.807) is 19.5 Å². The van der Waals surface area contributed by atoms with Crippen LogP contribution in [-0.2, 0) is 13.2 Å². The minimum absolute atomic E-state index is 0.702. The molecule has 0 radical (unpaired) electrons. The van der Waals surface area contributed by atoms with Crippen molar-refractivity contribution >= 4 is 17.9 Å². The first kappa shape index (κ1) is 20.6. The molecule has 2 aromatic heterocycles. The molecule has 1 aromatic carbocycles. The molecular formula is C22H28N6OS. The first-order chi connectivity index (χ1) is 14.7. The molecular weight excluding hydrogens is 396 g/mol. The summed E-state index contributed by atoms with van der Waals surface area (Å²) in [5, 5.41) is 4.87. The van der Waals surface area contributed by atoms with Gasteiger partial charge in [0.1, 0.15) is 5.75 Å². The van der Waals surface area contributed by atoms with Gasteiger partial charge in [0.2, 0.25) is 0 Å². The SMILES string of the molecule is CCCn1c(-c2ccncc2)nn(CN2CCN(c3ccccc3OC)CC2)c1=S. The summed E-state index contributed by atoms with van der Waals surface area (Å²) in [5.41, 5.74) is 2.20. The van der Waals surface area contributed by atoms with E-state index in [0.29, 0.717) is 6.67 Å².